The normalized spacial score (nSPS) is 11.8. The molecule has 2 aromatic carbocycles. The van der Waals surface area contributed by atoms with E-state index in [1.807, 2.05) is 42.5 Å². The minimum atomic E-state index is -0.654. The monoisotopic (exact) mass is 270 g/mol. The van der Waals surface area contributed by atoms with Gasteiger partial charge >= 0.3 is 5.97 Å². The highest BCUT2D eigenvalue weighted by Gasteiger charge is 2.15. The van der Waals surface area contributed by atoms with Gasteiger partial charge in [-0.15, -0.1) is 0 Å². The zero-order valence-corrected chi connectivity index (χ0v) is 11.2. The minimum Gasteiger partial charge on any atom is -0.460 e. The molecule has 0 aliphatic rings. The van der Waals surface area contributed by atoms with Crippen LogP contribution in [-0.2, 0) is 22.6 Å². The van der Waals surface area contributed by atoms with Crippen molar-refractivity contribution >= 4 is 11.7 Å². The van der Waals surface area contributed by atoms with Crippen LogP contribution >= 0.6 is 0 Å². The standard InChI is InChI=1S/C16H18N2O2/c17-14-8-4-7-13(9-14)11-20-16(19)15(18)10-12-5-2-1-3-6-12/h1-9,15H,10-11,17-18H2/t15-/m0/s1. The molecule has 0 heterocycles. The van der Waals surface area contributed by atoms with E-state index in [9.17, 15) is 4.79 Å². The highest BCUT2D eigenvalue weighted by molar-refractivity contribution is 5.75. The van der Waals surface area contributed by atoms with Crippen LogP contribution in [0.5, 0.6) is 0 Å². The second-order valence-electron chi connectivity index (χ2n) is 4.65. The maximum Gasteiger partial charge on any atom is 0.323 e. The number of rotatable bonds is 5. The molecule has 0 bridgehead atoms. The van der Waals surface area contributed by atoms with Gasteiger partial charge in [-0.2, -0.15) is 0 Å². The maximum atomic E-state index is 11.8. The molecule has 104 valence electrons. The van der Waals surface area contributed by atoms with Crippen LogP contribution in [0.3, 0.4) is 0 Å². The second-order valence-corrected chi connectivity index (χ2v) is 4.65. The smallest absolute Gasteiger partial charge is 0.323 e. The molecule has 2 rings (SSSR count). The van der Waals surface area contributed by atoms with Crippen LogP contribution in [0.4, 0.5) is 5.69 Å². The van der Waals surface area contributed by atoms with Crippen LogP contribution in [0.25, 0.3) is 0 Å². The molecule has 0 aromatic heterocycles. The number of hydrogen-bond acceptors (Lipinski definition) is 4. The summed E-state index contributed by atoms with van der Waals surface area (Å²) < 4.78 is 5.20. The fraction of sp³-hybridized carbons (Fsp3) is 0.188. The first kappa shape index (κ1) is 14.1. The minimum absolute atomic E-state index is 0.187. The Hall–Kier alpha value is -2.33. The quantitative estimate of drug-likeness (QED) is 0.642. The Bertz CT molecular complexity index is 570. The lowest BCUT2D eigenvalue weighted by molar-refractivity contribution is -0.146. The van der Waals surface area contributed by atoms with E-state index in [1.165, 1.54) is 0 Å². The van der Waals surface area contributed by atoms with Crippen LogP contribution in [0.15, 0.2) is 54.6 Å². The van der Waals surface area contributed by atoms with Crippen molar-refractivity contribution in [3.8, 4) is 0 Å². The molecule has 0 fully saturated rings. The van der Waals surface area contributed by atoms with Gasteiger partial charge in [-0.05, 0) is 29.7 Å². The lowest BCUT2D eigenvalue weighted by Gasteiger charge is -2.12. The van der Waals surface area contributed by atoms with Crippen LogP contribution in [0, 0.1) is 0 Å². The average molecular weight is 270 g/mol. The highest BCUT2D eigenvalue weighted by atomic mass is 16.5. The number of carbonyl (C=O) groups excluding carboxylic acids is 1. The van der Waals surface area contributed by atoms with Gasteiger partial charge in [0.2, 0.25) is 0 Å². The first-order valence-corrected chi connectivity index (χ1v) is 6.46. The Morgan fingerprint density at radius 2 is 1.75 bits per heavy atom. The number of anilines is 1. The molecular weight excluding hydrogens is 252 g/mol. The summed E-state index contributed by atoms with van der Waals surface area (Å²) in [5.74, 6) is -0.406. The second kappa shape index (κ2) is 6.73. The number of ether oxygens (including phenoxy) is 1. The lowest BCUT2D eigenvalue weighted by atomic mass is 10.1. The Balaban J connectivity index is 1.85. The highest BCUT2D eigenvalue weighted by Crippen LogP contribution is 2.09. The van der Waals surface area contributed by atoms with E-state index < -0.39 is 12.0 Å². The summed E-state index contributed by atoms with van der Waals surface area (Å²) in [7, 11) is 0. The van der Waals surface area contributed by atoms with Gasteiger partial charge in [0.15, 0.2) is 0 Å². The summed E-state index contributed by atoms with van der Waals surface area (Å²) in [4.78, 5) is 11.8. The number of nitrogens with two attached hydrogens (primary N) is 2. The molecular formula is C16H18N2O2. The fourth-order valence-electron chi connectivity index (χ4n) is 1.90. The van der Waals surface area contributed by atoms with Crippen LogP contribution in [0.1, 0.15) is 11.1 Å². The SMILES string of the molecule is Nc1cccc(COC(=O)[C@@H](N)Cc2ccccc2)c1. The Morgan fingerprint density at radius 3 is 2.45 bits per heavy atom. The van der Waals surface area contributed by atoms with Gasteiger partial charge in [0, 0.05) is 5.69 Å². The van der Waals surface area contributed by atoms with E-state index in [0.29, 0.717) is 12.1 Å². The average Bonchev–Trinajstić information content (AvgIpc) is 2.46. The van der Waals surface area contributed by atoms with Gasteiger partial charge < -0.3 is 16.2 Å². The Kier molecular flexibility index (Phi) is 4.74. The number of benzene rings is 2. The molecule has 4 heteroatoms. The van der Waals surface area contributed by atoms with Crippen molar-refractivity contribution in [2.45, 2.75) is 19.1 Å². The summed E-state index contributed by atoms with van der Waals surface area (Å²) in [6.45, 7) is 0.187. The van der Waals surface area contributed by atoms with E-state index in [-0.39, 0.29) is 6.61 Å². The molecule has 0 aliphatic carbocycles. The van der Waals surface area contributed by atoms with Crippen molar-refractivity contribution in [3.05, 3.63) is 65.7 Å². The van der Waals surface area contributed by atoms with E-state index >= 15 is 0 Å². The Morgan fingerprint density at radius 1 is 1.05 bits per heavy atom. The lowest BCUT2D eigenvalue weighted by Crippen LogP contribution is -2.34. The molecule has 0 saturated heterocycles. The molecule has 20 heavy (non-hydrogen) atoms. The first-order chi connectivity index (χ1) is 9.65. The van der Waals surface area contributed by atoms with Crippen LogP contribution in [0.2, 0.25) is 0 Å². The van der Waals surface area contributed by atoms with E-state index in [2.05, 4.69) is 0 Å². The zero-order chi connectivity index (χ0) is 14.4. The van der Waals surface area contributed by atoms with Gasteiger partial charge in [-0.3, -0.25) is 4.79 Å². The summed E-state index contributed by atoms with van der Waals surface area (Å²) in [5.41, 5.74) is 14.0. The molecule has 1 atom stereocenters. The van der Waals surface area contributed by atoms with Crippen molar-refractivity contribution in [1.82, 2.24) is 0 Å². The molecule has 0 saturated carbocycles. The van der Waals surface area contributed by atoms with E-state index in [1.54, 1.807) is 12.1 Å². The van der Waals surface area contributed by atoms with Crippen LogP contribution < -0.4 is 11.5 Å². The van der Waals surface area contributed by atoms with Gasteiger partial charge in [0.1, 0.15) is 12.6 Å². The molecule has 0 spiro atoms. The largest absolute Gasteiger partial charge is 0.460 e. The van der Waals surface area contributed by atoms with Gasteiger partial charge in [0.05, 0.1) is 0 Å². The molecule has 0 amide bonds. The zero-order valence-electron chi connectivity index (χ0n) is 11.2. The number of esters is 1. The predicted molar refractivity (Wildman–Crippen MR) is 78.8 cm³/mol. The summed E-state index contributed by atoms with van der Waals surface area (Å²) in [6.07, 6.45) is 0.469. The summed E-state index contributed by atoms with van der Waals surface area (Å²) >= 11 is 0. The summed E-state index contributed by atoms with van der Waals surface area (Å²) in [6, 6.07) is 16.2. The fourth-order valence-corrected chi connectivity index (χ4v) is 1.90. The number of carbonyl (C=O) groups is 1. The molecule has 4 N–H and O–H groups in total. The molecule has 2 aromatic rings. The van der Waals surface area contributed by atoms with Gasteiger partial charge in [-0.25, -0.2) is 0 Å². The topological polar surface area (TPSA) is 78.3 Å². The van der Waals surface area contributed by atoms with E-state index in [0.717, 1.165) is 11.1 Å². The van der Waals surface area contributed by atoms with Crippen molar-refractivity contribution in [3.63, 3.8) is 0 Å². The first-order valence-electron chi connectivity index (χ1n) is 6.46. The van der Waals surface area contributed by atoms with E-state index in [4.69, 9.17) is 16.2 Å². The van der Waals surface area contributed by atoms with Gasteiger partial charge in [0.25, 0.3) is 0 Å². The molecule has 0 radical (unpaired) electrons. The third kappa shape index (κ3) is 4.10. The molecule has 4 nitrogen and oxygen atoms in total. The third-order valence-corrected chi connectivity index (χ3v) is 2.93. The molecule has 0 aliphatic heterocycles. The number of hydrogen-bond donors (Lipinski definition) is 2. The van der Waals surface area contributed by atoms with Crippen LogP contribution in [-0.4, -0.2) is 12.0 Å². The third-order valence-electron chi connectivity index (χ3n) is 2.93. The number of nitrogen functional groups attached to an aromatic ring is 1. The predicted octanol–water partition coefficient (Wildman–Crippen LogP) is 1.88. The van der Waals surface area contributed by atoms with Gasteiger partial charge in [-0.1, -0.05) is 42.5 Å². The Labute approximate surface area is 118 Å². The van der Waals surface area contributed by atoms with Crippen molar-refractivity contribution < 1.29 is 9.53 Å². The van der Waals surface area contributed by atoms with Crippen molar-refractivity contribution in [2.75, 3.05) is 5.73 Å². The summed E-state index contributed by atoms with van der Waals surface area (Å²) in [5, 5.41) is 0. The van der Waals surface area contributed by atoms with Crippen molar-refractivity contribution in [2.24, 2.45) is 5.73 Å². The van der Waals surface area contributed by atoms with Crippen molar-refractivity contribution in [1.29, 1.82) is 0 Å². The maximum absolute atomic E-state index is 11.8. The molecule has 0 unspecified atom stereocenters.